The number of rotatable bonds is 7. The number of aromatic nitrogens is 5. The first kappa shape index (κ1) is 20.6. The van der Waals surface area contributed by atoms with Crippen LogP contribution in [0.25, 0.3) is 0 Å². The Labute approximate surface area is 184 Å². The largest absolute Gasteiger partial charge is 0.471 e. The Morgan fingerprint density at radius 1 is 1.10 bits per heavy atom. The van der Waals surface area contributed by atoms with Crippen molar-refractivity contribution < 1.29 is 9.53 Å². The zero-order valence-corrected chi connectivity index (χ0v) is 17.9. The van der Waals surface area contributed by atoms with Crippen molar-refractivity contribution in [1.82, 2.24) is 24.5 Å². The molecule has 4 aromatic rings. The van der Waals surface area contributed by atoms with Gasteiger partial charge in [0, 0.05) is 11.2 Å². The first-order valence-electron chi connectivity index (χ1n) is 9.65. The van der Waals surface area contributed by atoms with Crippen molar-refractivity contribution in [3.8, 4) is 5.75 Å². The van der Waals surface area contributed by atoms with E-state index in [1.807, 2.05) is 38.1 Å². The number of ether oxygens (including phenoxy) is 1. The topological polar surface area (TPSA) is 86.9 Å². The van der Waals surface area contributed by atoms with E-state index in [-0.39, 0.29) is 18.4 Å². The van der Waals surface area contributed by atoms with Crippen LogP contribution in [0.2, 0.25) is 5.02 Å². The summed E-state index contributed by atoms with van der Waals surface area (Å²) in [6, 6.07) is 15.2. The molecule has 0 saturated carbocycles. The van der Waals surface area contributed by atoms with E-state index < -0.39 is 5.91 Å². The van der Waals surface area contributed by atoms with E-state index in [0.29, 0.717) is 17.3 Å². The summed E-state index contributed by atoms with van der Waals surface area (Å²) in [5.41, 5.74) is 3.45. The van der Waals surface area contributed by atoms with Gasteiger partial charge in [-0.3, -0.25) is 10.1 Å². The van der Waals surface area contributed by atoms with E-state index >= 15 is 0 Å². The second-order valence-electron chi connectivity index (χ2n) is 7.13. The molecule has 0 atom stereocenters. The zero-order chi connectivity index (χ0) is 21.8. The molecule has 0 saturated heterocycles. The fraction of sp³-hybridized carbons (Fsp3) is 0.182. The molecule has 9 heteroatoms. The fourth-order valence-electron chi connectivity index (χ4n) is 2.99. The third kappa shape index (κ3) is 5.29. The highest BCUT2D eigenvalue weighted by Gasteiger charge is 2.13. The molecular weight excluding hydrogens is 416 g/mol. The van der Waals surface area contributed by atoms with Crippen molar-refractivity contribution in [1.29, 1.82) is 0 Å². The van der Waals surface area contributed by atoms with Crippen molar-refractivity contribution in [3.05, 3.63) is 88.5 Å². The average molecular weight is 437 g/mol. The van der Waals surface area contributed by atoms with Gasteiger partial charge in [-0.25, -0.2) is 14.3 Å². The molecule has 0 bridgehead atoms. The van der Waals surface area contributed by atoms with Gasteiger partial charge in [-0.15, -0.1) is 5.10 Å². The molecular formula is C22H21ClN6O2. The van der Waals surface area contributed by atoms with Crippen LogP contribution < -0.4 is 10.1 Å². The number of nitrogens with one attached hydrogen (secondary N) is 1. The van der Waals surface area contributed by atoms with Crippen molar-refractivity contribution in [2.24, 2.45) is 0 Å². The molecule has 0 spiro atoms. The minimum atomic E-state index is -0.394. The monoisotopic (exact) mass is 436 g/mol. The Kier molecular flexibility index (Phi) is 5.99. The van der Waals surface area contributed by atoms with Crippen LogP contribution in [0.5, 0.6) is 5.75 Å². The molecule has 8 nitrogen and oxygen atoms in total. The molecule has 2 aromatic carbocycles. The van der Waals surface area contributed by atoms with Crippen LogP contribution in [0.4, 0.5) is 5.95 Å². The van der Waals surface area contributed by atoms with E-state index in [2.05, 4.69) is 26.6 Å². The van der Waals surface area contributed by atoms with Gasteiger partial charge in [0.2, 0.25) is 5.95 Å². The molecule has 0 radical (unpaired) electrons. The maximum Gasteiger partial charge on any atom is 0.278 e. The van der Waals surface area contributed by atoms with E-state index in [1.165, 1.54) is 10.2 Å². The molecule has 0 aliphatic carbocycles. The Hall–Kier alpha value is -3.65. The Bertz CT molecular complexity index is 1220. The lowest BCUT2D eigenvalue weighted by atomic mass is 10.1. The molecule has 2 aromatic heterocycles. The summed E-state index contributed by atoms with van der Waals surface area (Å²) in [7, 11) is 0. The first-order valence-corrected chi connectivity index (χ1v) is 10.0. The minimum absolute atomic E-state index is 0.164. The number of anilines is 1. The van der Waals surface area contributed by atoms with Gasteiger partial charge in [-0.05, 0) is 49.2 Å². The summed E-state index contributed by atoms with van der Waals surface area (Å²) in [6.45, 7) is 4.68. The molecule has 158 valence electrons. The van der Waals surface area contributed by atoms with E-state index in [9.17, 15) is 4.79 Å². The van der Waals surface area contributed by atoms with Crippen molar-refractivity contribution in [2.75, 3.05) is 5.32 Å². The highest BCUT2D eigenvalue weighted by atomic mass is 35.5. The average Bonchev–Trinajstić information content (AvgIpc) is 3.38. The summed E-state index contributed by atoms with van der Waals surface area (Å²) < 4.78 is 8.89. The molecule has 1 amide bonds. The van der Waals surface area contributed by atoms with Gasteiger partial charge in [0.05, 0.1) is 6.54 Å². The van der Waals surface area contributed by atoms with Crippen LogP contribution in [0, 0.1) is 13.8 Å². The highest BCUT2D eigenvalue weighted by molar-refractivity contribution is 6.31. The zero-order valence-electron chi connectivity index (χ0n) is 17.1. The van der Waals surface area contributed by atoms with Gasteiger partial charge in [-0.2, -0.15) is 5.10 Å². The highest BCUT2D eigenvalue weighted by Crippen LogP contribution is 2.21. The van der Waals surface area contributed by atoms with Gasteiger partial charge in [0.15, 0.2) is 12.4 Å². The third-order valence-corrected chi connectivity index (χ3v) is 4.98. The smallest absolute Gasteiger partial charge is 0.278 e. The summed E-state index contributed by atoms with van der Waals surface area (Å²) in [6.07, 6.45) is 3.25. The molecule has 0 aliphatic rings. The number of aryl methyl sites for hydroxylation is 2. The number of halogens is 1. The normalized spacial score (nSPS) is 10.8. The second kappa shape index (κ2) is 9.01. The van der Waals surface area contributed by atoms with Crippen LogP contribution in [0.15, 0.2) is 61.1 Å². The quantitative estimate of drug-likeness (QED) is 0.471. The Morgan fingerprint density at radius 2 is 1.97 bits per heavy atom. The van der Waals surface area contributed by atoms with Gasteiger partial charge < -0.3 is 4.74 Å². The van der Waals surface area contributed by atoms with Gasteiger partial charge in [0.25, 0.3) is 5.91 Å². The number of benzene rings is 2. The van der Waals surface area contributed by atoms with Crippen molar-refractivity contribution >= 4 is 23.5 Å². The van der Waals surface area contributed by atoms with Crippen molar-refractivity contribution in [2.45, 2.75) is 27.1 Å². The van der Waals surface area contributed by atoms with Gasteiger partial charge in [0.1, 0.15) is 12.1 Å². The molecule has 1 N–H and O–H groups in total. The number of carbonyl (C=O) groups excluding carboxylic acids is 1. The first-order chi connectivity index (χ1) is 15.0. The lowest BCUT2D eigenvalue weighted by molar-refractivity contribution is 0.101. The van der Waals surface area contributed by atoms with Crippen LogP contribution in [-0.4, -0.2) is 30.5 Å². The van der Waals surface area contributed by atoms with E-state index in [1.54, 1.807) is 35.4 Å². The minimum Gasteiger partial charge on any atom is -0.471 e. The lowest BCUT2D eigenvalue weighted by Gasteiger charge is -2.07. The van der Waals surface area contributed by atoms with Crippen LogP contribution >= 0.6 is 11.6 Å². The Balaban J connectivity index is 1.33. The summed E-state index contributed by atoms with van der Waals surface area (Å²) >= 11 is 6.02. The summed E-state index contributed by atoms with van der Waals surface area (Å²) in [5.74, 6) is 0.501. The number of carbonyl (C=O) groups is 1. The standard InChI is InChI=1S/C22H21ClN6O2/c1-15-4-3-5-17(10-15)12-29-13-24-22(27-29)25-21(30)20-8-9-28(26-20)14-31-18-6-7-19(23)16(2)11-18/h3-11,13H,12,14H2,1-2H3,(H,25,27,30). The number of hydrogen-bond donors (Lipinski definition) is 1. The number of hydrogen-bond acceptors (Lipinski definition) is 5. The molecule has 31 heavy (non-hydrogen) atoms. The third-order valence-electron chi connectivity index (χ3n) is 4.56. The maximum atomic E-state index is 12.5. The van der Waals surface area contributed by atoms with Gasteiger partial charge >= 0.3 is 0 Å². The molecule has 0 aliphatic heterocycles. The second-order valence-corrected chi connectivity index (χ2v) is 7.54. The predicted molar refractivity (Wildman–Crippen MR) is 117 cm³/mol. The number of amides is 1. The van der Waals surface area contributed by atoms with Gasteiger partial charge in [-0.1, -0.05) is 41.4 Å². The fourth-order valence-corrected chi connectivity index (χ4v) is 3.11. The SMILES string of the molecule is Cc1cccc(Cn2cnc(NC(=O)c3ccn(COc4ccc(Cl)c(C)c4)n3)n2)c1. The predicted octanol–water partition coefficient (Wildman–Crippen LogP) is 4.08. The lowest BCUT2D eigenvalue weighted by Crippen LogP contribution is -2.15. The van der Waals surface area contributed by atoms with Crippen LogP contribution in [-0.2, 0) is 13.3 Å². The summed E-state index contributed by atoms with van der Waals surface area (Å²) in [4.78, 5) is 16.6. The molecule has 0 fully saturated rings. The molecule has 4 rings (SSSR count). The van der Waals surface area contributed by atoms with Crippen LogP contribution in [0.1, 0.15) is 27.2 Å². The van der Waals surface area contributed by atoms with Crippen LogP contribution in [0.3, 0.4) is 0 Å². The van der Waals surface area contributed by atoms with Crippen molar-refractivity contribution in [3.63, 3.8) is 0 Å². The summed E-state index contributed by atoms with van der Waals surface area (Å²) in [5, 5.41) is 11.9. The van der Waals surface area contributed by atoms with E-state index in [4.69, 9.17) is 16.3 Å². The number of nitrogens with zero attached hydrogens (tertiary/aromatic N) is 5. The molecule has 0 unspecified atom stereocenters. The Morgan fingerprint density at radius 3 is 2.77 bits per heavy atom. The molecule has 2 heterocycles. The van der Waals surface area contributed by atoms with E-state index in [0.717, 1.165) is 11.1 Å². The maximum absolute atomic E-state index is 12.5.